The highest BCUT2D eigenvalue weighted by Gasteiger charge is 2.14. The third-order valence-corrected chi connectivity index (χ3v) is 6.42. The van der Waals surface area contributed by atoms with Crippen molar-refractivity contribution in [3.05, 3.63) is 77.8 Å². The summed E-state index contributed by atoms with van der Waals surface area (Å²) in [7, 11) is 0. The van der Waals surface area contributed by atoms with Crippen LogP contribution in [-0.2, 0) is 0 Å². The van der Waals surface area contributed by atoms with Gasteiger partial charge in [0.05, 0.1) is 5.69 Å². The molecular weight excluding hydrogens is 418 g/mol. The van der Waals surface area contributed by atoms with E-state index in [1.165, 1.54) is 30.6 Å². The predicted molar refractivity (Wildman–Crippen MR) is 129 cm³/mol. The SMILES string of the molecule is O=C(Nc1ccc(-c2ccc(N3CCCCC3)nn2)cc1)c1csc(-c2ccccc2)n1. The molecule has 1 amide bonds. The Hall–Kier alpha value is -3.58. The first-order valence-electron chi connectivity index (χ1n) is 10.8. The van der Waals surface area contributed by atoms with E-state index in [0.29, 0.717) is 11.4 Å². The molecule has 1 aliphatic heterocycles. The van der Waals surface area contributed by atoms with E-state index in [4.69, 9.17) is 0 Å². The van der Waals surface area contributed by atoms with E-state index in [9.17, 15) is 4.79 Å². The molecule has 1 N–H and O–H groups in total. The number of piperidine rings is 1. The second kappa shape index (κ2) is 9.28. The molecule has 1 fully saturated rings. The average Bonchev–Trinajstić information content (AvgIpc) is 3.37. The van der Waals surface area contributed by atoms with Crippen LogP contribution in [0, 0.1) is 0 Å². The summed E-state index contributed by atoms with van der Waals surface area (Å²) in [6.07, 6.45) is 3.72. The number of amides is 1. The molecular formula is C25H23N5OS. The van der Waals surface area contributed by atoms with Crippen LogP contribution in [0.2, 0.25) is 0 Å². The highest BCUT2D eigenvalue weighted by Crippen LogP contribution is 2.25. The molecule has 7 heteroatoms. The Morgan fingerprint density at radius 1 is 0.844 bits per heavy atom. The number of benzene rings is 2. The summed E-state index contributed by atoms with van der Waals surface area (Å²) in [5, 5.41) is 14.4. The largest absolute Gasteiger partial charge is 0.355 e. The zero-order valence-corrected chi connectivity index (χ0v) is 18.4. The molecule has 2 aromatic heterocycles. The van der Waals surface area contributed by atoms with Gasteiger partial charge >= 0.3 is 0 Å². The van der Waals surface area contributed by atoms with Gasteiger partial charge in [-0.1, -0.05) is 42.5 Å². The molecule has 5 rings (SSSR count). The number of carbonyl (C=O) groups is 1. The van der Waals surface area contributed by atoms with Gasteiger partial charge in [-0.25, -0.2) is 4.98 Å². The van der Waals surface area contributed by atoms with Gasteiger partial charge in [0.25, 0.3) is 5.91 Å². The molecule has 1 aliphatic rings. The van der Waals surface area contributed by atoms with Crippen LogP contribution in [0.4, 0.5) is 11.5 Å². The number of hydrogen-bond donors (Lipinski definition) is 1. The smallest absolute Gasteiger partial charge is 0.275 e. The minimum absolute atomic E-state index is 0.221. The first kappa shape index (κ1) is 20.3. The van der Waals surface area contributed by atoms with E-state index in [1.54, 1.807) is 5.38 Å². The number of nitrogens with zero attached hydrogens (tertiary/aromatic N) is 4. The van der Waals surface area contributed by atoms with Crippen LogP contribution in [0.5, 0.6) is 0 Å². The van der Waals surface area contributed by atoms with Crippen LogP contribution < -0.4 is 10.2 Å². The maximum absolute atomic E-state index is 12.6. The lowest BCUT2D eigenvalue weighted by Crippen LogP contribution is -2.30. The lowest BCUT2D eigenvalue weighted by Gasteiger charge is -2.27. The lowest BCUT2D eigenvalue weighted by atomic mass is 10.1. The van der Waals surface area contributed by atoms with Crippen molar-refractivity contribution in [1.29, 1.82) is 0 Å². The summed E-state index contributed by atoms with van der Waals surface area (Å²) in [4.78, 5) is 19.4. The van der Waals surface area contributed by atoms with Gasteiger partial charge < -0.3 is 10.2 Å². The lowest BCUT2D eigenvalue weighted by molar-refractivity contribution is 0.102. The predicted octanol–water partition coefficient (Wildman–Crippen LogP) is 5.51. The zero-order valence-electron chi connectivity index (χ0n) is 17.6. The van der Waals surface area contributed by atoms with Crippen LogP contribution in [-0.4, -0.2) is 34.2 Å². The van der Waals surface area contributed by atoms with Gasteiger partial charge in [-0.05, 0) is 43.5 Å². The molecule has 0 saturated carbocycles. The molecule has 4 aromatic rings. The molecule has 0 aliphatic carbocycles. The first-order chi connectivity index (χ1) is 15.8. The van der Waals surface area contributed by atoms with E-state index in [1.807, 2.05) is 66.7 Å². The van der Waals surface area contributed by atoms with Crippen molar-refractivity contribution in [3.8, 4) is 21.8 Å². The highest BCUT2D eigenvalue weighted by atomic mass is 32.1. The second-order valence-electron chi connectivity index (χ2n) is 7.76. The van der Waals surface area contributed by atoms with Gasteiger partial charge in [-0.15, -0.1) is 21.5 Å². The quantitative estimate of drug-likeness (QED) is 0.442. The molecule has 0 unspecified atom stereocenters. The standard InChI is InChI=1S/C25H23N5OS/c31-24(22-17-32-25(27-22)19-7-3-1-4-8-19)26-20-11-9-18(10-12-20)21-13-14-23(29-28-21)30-15-5-2-6-16-30/h1,3-4,7-14,17H,2,5-6,15-16H2,(H,26,31). The van der Waals surface area contributed by atoms with Gasteiger partial charge in [0.2, 0.25) is 0 Å². The van der Waals surface area contributed by atoms with Crippen molar-refractivity contribution < 1.29 is 4.79 Å². The molecule has 6 nitrogen and oxygen atoms in total. The number of thiazole rings is 1. The van der Waals surface area contributed by atoms with E-state index >= 15 is 0 Å². The van der Waals surface area contributed by atoms with Gasteiger partial charge in [0, 0.05) is 35.3 Å². The molecule has 1 saturated heterocycles. The number of nitrogens with one attached hydrogen (secondary N) is 1. The van der Waals surface area contributed by atoms with E-state index < -0.39 is 0 Å². The first-order valence-corrected chi connectivity index (χ1v) is 11.7. The van der Waals surface area contributed by atoms with Crippen molar-refractivity contribution in [3.63, 3.8) is 0 Å². The van der Waals surface area contributed by atoms with Crippen molar-refractivity contribution in [2.45, 2.75) is 19.3 Å². The van der Waals surface area contributed by atoms with Gasteiger partial charge in [0.15, 0.2) is 5.82 Å². The Morgan fingerprint density at radius 3 is 2.34 bits per heavy atom. The van der Waals surface area contributed by atoms with E-state index in [2.05, 4.69) is 25.4 Å². The van der Waals surface area contributed by atoms with Gasteiger partial charge in [0.1, 0.15) is 10.7 Å². The molecule has 2 aromatic carbocycles. The number of aromatic nitrogens is 3. The average molecular weight is 442 g/mol. The third-order valence-electron chi connectivity index (χ3n) is 5.53. The second-order valence-corrected chi connectivity index (χ2v) is 8.62. The molecule has 160 valence electrons. The molecule has 0 atom stereocenters. The van der Waals surface area contributed by atoms with Crippen LogP contribution in [0.3, 0.4) is 0 Å². The fourth-order valence-electron chi connectivity index (χ4n) is 3.78. The number of rotatable bonds is 5. The Morgan fingerprint density at radius 2 is 1.62 bits per heavy atom. The minimum atomic E-state index is -0.221. The molecule has 3 heterocycles. The summed E-state index contributed by atoms with van der Waals surface area (Å²) in [6.45, 7) is 2.10. The van der Waals surface area contributed by atoms with Crippen LogP contribution in [0.25, 0.3) is 21.8 Å². The Kier molecular flexibility index (Phi) is 5.89. The van der Waals surface area contributed by atoms with Crippen molar-refractivity contribution in [2.75, 3.05) is 23.3 Å². The van der Waals surface area contributed by atoms with Gasteiger partial charge in [-0.2, -0.15) is 0 Å². The fraction of sp³-hybridized carbons (Fsp3) is 0.200. The van der Waals surface area contributed by atoms with Gasteiger partial charge in [-0.3, -0.25) is 4.79 Å². The summed E-state index contributed by atoms with van der Waals surface area (Å²) in [5.41, 5.74) is 3.91. The number of carbonyl (C=O) groups excluding carboxylic acids is 1. The van der Waals surface area contributed by atoms with Crippen molar-refractivity contribution in [1.82, 2.24) is 15.2 Å². The molecule has 0 spiro atoms. The maximum atomic E-state index is 12.6. The normalized spacial score (nSPS) is 13.7. The molecule has 0 bridgehead atoms. The molecule has 32 heavy (non-hydrogen) atoms. The fourth-order valence-corrected chi connectivity index (χ4v) is 4.59. The minimum Gasteiger partial charge on any atom is -0.355 e. The summed E-state index contributed by atoms with van der Waals surface area (Å²) in [6, 6.07) is 21.5. The maximum Gasteiger partial charge on any atom is 0.275 e. The third kappa shape index (κ3) is 4.53. The Bertz CT molecular complexity index is 1180. The van der Waals surface area contributed by atoms with Crippen molar-refractivity contribution in [2.24, 2.45) is 0 Å². The summed E-state index contributed by atoms with van der Waals surface area (Å²) < 4.78 is 0. The zero-order chi connectivity index (χ0) is 21.8. The molecule has 0 radical (unpaired) electrons. The number of hydrogen-bond acceptors (Lipinski definition) is 6. The summed E-state index contributed by atoms with van der Waals surface area (Å²) in [5.74, 6) is 0.720. The topological polar surface area (TPSA) is 71.0 Å². The van der Waals surface area contributed by atoms with E-state index in [-0.39, 0.29) is 5.91 Å². The van der Waals surface area contributed by atoms with Crippen molar-refractivity contribution >= 4 is 28.7 Å². The Labute approximate surface area is 191 Å². The van der Waals surface area contributed by atoms with E-state index in [0.717, 1.165) is 40.7 Å². The highest BCUT2D eigenvalue weighted by molar-refractivity contribution is 7.13. The summed E-state index contributed by atoms with van der Waals surface area (Å²) >= 11 is 1.46. The van der Waals surface area contributed by atoms with Crippen LogP contribution >= 0.6 is 11.3 Å². The van der Waals surface area contributed by atoms with Crippen LogP contribution in [0.15, 0.2) is 72.1 Å². The number of anilines is 2. The van der Waals surface area contributed by atoms with Crippen LogP contribution in [0.1, 0.15) is 29.8 Å². The Balaban J connectivity index is 1.24. The monoisotopic (exact) mass is 441 g/mol.